The Balaban J connectivity index is 1.46. The summed E-state index contributed by atoms with van der Waals surface area (Å²) in [5, 5.41) is 12.3. The Labute approximate surface area is 179 Å². The van der Waals surface area contributed by atoms with E-state index in [1.807, 2.05) is 55.6 Å². The van der Waals surface area contributed by atoms with Gasteiger partial charge in [-0.25, -0.2) is 0 Å². The van der Waals surface area contributed by atoms with Crippen LogP contribution in [0.3, 0.4) is 0 Å². The van der Waals surface area contributed by atoms with E-state index in [2.05, 4.69) is 40.4 Å². The molecule has 2 atom stereocenters. The number of carbonyl (C=O) groups is 1. The lowest BCUT2D eigenvalue weighted by atomic mass is 9.97. The van der Waals surface area contributed by atoms with Crippen LogP contribution in [-0.2, 0) is 4.79 Å². The van der Waals surface area contributed by atoms with Crippen LogP contribution in [-0.4, -0.2) is 26.3 Å². The summed E-state index contributed by atoms with van der Waals surface area (Å²) in [5.74, 6) is 0.714. The molecule has 0 radical (unpaired) electrons. The Bertz CT molecular complexity index is 1170. The fraction of sp³-hybridized carbons (Fsp3) is 0.261. The number of fused-ring (bicyclic) bond motifs is 1. The van der Waals surface area contributed by atoms with Crippen LogP contribution in [0.15, 0.2) is 64.4 Å². The van der Waals surface area contributed by atoms with Crippen molar-refractivity contribution in [1.82, 2.24) is 15.2 Å². The van der Waals surface area contributed by atoms with E-state index in [0.717, 1.165) is 34.1 Å². The lowest BCUT2D eigenvalue weighted by Gasteiger charge is -2.17. The fourth-order valence-electron chi connectivity index (χ4n) is 3.31. The second-order valence-electron chi connectivity index (χ2n) is 7.27. The van der Waals surface area contributed by atoms with Gasteiger partial charge in [0.2, 0.25) is 5.91 Å². The highest BCUT2D eigenvalue weighted by Gasteiger charge is 2.21. The maximum absolute atomic E-state index is 12.8. The van der Waals surface area contributed by atoms with Crippen molar-refractivity contribution in [2.45, 2.75) is 43.6 Å². The highest BCUT2D eigenvalue weighted by molar-refractivity contribution is 8.00. The van der Waals surface area contributed by atoms with Gasteiger partial charge in [-0.15, -0.1) is 10.2 Å². The summed E-state index contributed by atoms with van der Waals surface area (Å²) >= 11 is 1.25. The number of amides is 1. The van der Waals surface area contributed by atoms with Gasteiger partial charge in [0.05, 0.1) is 10.8 Å². The number of hydrogen-bond acceptors (Lipinski definition) is 5. The molecular weight excluding hydrogens is 396 g/mol. The molecular formula is C23H24N4O2S. The smallest absolute Gasteiger partial charge is 0.277 e. The highest BCUT2D eigenvalue weighted by atomic mass is 32.2. The second kappa shape index (κ2) is 8.75. The lowest BCUT2D eigenvalue weighted by molar-refractivity contribution is -0.115. The first-order chi connectivity index (χ1) is 14.6. The van der Waals surface area contributed by atoms with E-state index in [1.165, 1.54) is 11.8 Å². The number of anilines is 1. The van der Waals surface area contributed by atoms with Crippen molar-refractivity contribution in [2.24, 2.45) is 0 Å². The average Bonchev–Trinajstić information content (AvgIpc) is 3.40. The van der Waals surface area contributed by atoms with Crippen LogP contribution in [0, 0.1) is 0 Å². The second-order valence-corrected chi connectivity index (χ2v) is 8.56. The molecule has 0 unspecified atom stereocenters. The molecule has 4 rings (SSSR count). The quantitative estimate of drug-likeness (QED) is 0.366. The predicted octanol–water partition coefficient (Wildman–Crippen LogP) is 5.85. The van der Waals surface area contributed by atoms with E-state index in [0.29, 0.717) is 17.0 Å². The van der Waals surface area contributed by atoms with Crippen molar-refractivity contribution in [2.75, 3.05) is 5.32 Å². The molecule has 0 saturated heterocycles. The van der Waals surface area contributed by atoms with Crippen LogP contribution in [0.2, 0.25) is 0 Å². The van der Waals surface area contributed by atoms with Gasteiger partial charge in [-0.1, -0.05) is 62.0 Å². The fourth-order valence-corrected chi connectivity index (χ4v) is 4.00. The molecule has 6 nitrogen and oxygen atoms in total. The molecule has 154 valence electrons. The number of nitrogens with zero attached hydrogens (tertiary/aromatic N) is 2. The molecule has 0 aliphatic carbocycles. The molecule has 0 aliphatic heterocycles. The van der Waals surface area contributed by atoms with Crippen LogP contribution < -0.4 is 5.32 Å². The zero-order valence-electron chi connectivity index (χ0n) is 17.2. The molecule has 30 heavy (non-hydrogen) atoms. The molecule has 7 heteroatoms. The molecule has 0 bridgehead atoms. The van der Waals surface area contributed by atoms with Gasteiger partial charge >= 0.3 is 0 Å². The Kier molecular flexibility index (Phi) is 5.90. The third-order valence-electron chi connectivity index (χ3n) is 5.23. The molecule has 0 fully saturated rings. The summed E-state index contributed by atoms with van der Waals surface area (Å²) in [5.41, 5.74) is 3.86. The summed E-state index contributed by atoms with van der Waals surface area (Å²) in [6.07, 6.45) is 2.87. The topological polar surface area (TPSA) is 83.8 Å². The first-order valence-electron chi connectivity index (χ1n) is 10.0. The largest absolute Gasteiger partial charge is 0.411 e. The Morgan fingerprint density at radius 3 is 2.73 bits per heavy atom. The van der Waals surface area contributed by atoms with Crippen molar-refractivity contribution in [3.8, 4) is 11.5 Å². The number of benzene rings is 2. The summed E-state index contributed by atoms with van der Waals surface area (Å²) in [4.78, 5) is 16.0. The monoisotopic (exact) mass is 420 g/mol. The number of H-pyrrole nitrogens is 1. The number of thioether (sulfide) groups is 1. The standard InChI is InChI=1S/C23H24N4O2S/c1-4-14(2)16-9-5-8-12-20(16)25-21(28)15(3)30-23-27-26-22(29-23)18-13-24-19-11-7-6-10-17(18)19/h5-15,24H,4H2,1-3H3,(H,25,28)/t14-,15-/m1/s1. The zero-order valence-corrected chi connectivity index (χ0v) is 18.0. The Hall–Kier alpha value is -3.06. The van der Waals surface area contributed by atoms with E-state index in [9.17, 15) is 4.79 Å². The third kappa shape index (κ3) is 4.11. The van der Waals surface area contributed by atoms with Crippen LogP contribution in [0.25, 0.3) is 22.4 Å². The van der Waals surface area contributed by atoms with Crippen molar-refractivity contribution >= 4 is 34.3 Å². The summed E-state index contributed by atoms with van der Waals surface area (Å²) in [6, 6.07) is 15.9. The van der Waals surface area contributed by atoms with Gasteiger partial charge in [0.1, 0.15) is 0 Å². The summed E-state index contributed by atoms with van der Waals surface area (Å²) in [7, 11) is 0. The molecule has 2 aromatic heterocycles. The number of aromatic amines is 1. The third-order valence-corrected chi connectivity index (χ3v) is 6.17. The SMILES string of the molecule is CC[C@@H](C)c1ccccc1NC(=O)[C@@H](C)Sc1nnc(-c2c[nH]c3ccccc23)o1. The Morgan fingerprint density at radius 2 is 1.90 bits per heavy atom. The molecule has 2 heterocycles. The van der Waals surface area contributed by atoms with Crippen molar-refractivity contribution in [3.63, 3.8) is 0 Å². The van der Waals surface area contributed by atoms with Crippen LogP contribution in [0.4, 0.5) is 5.69 Å². The normalized spacial score (nSPS) is 13.3. The number of rotatable bonds is 7. The minimum atomic E-state index is -0.383. The van der Waals surface area contributed by atoms with Gasteiger partial charge in [0, 0.05) is 22.8 Å². The molecule has 1 amide bonds. The summed E-state index contributed by atoms with van der Waals surface area (Å²) in [6.45, 7) is 6.14. The highest BCUT2D eigenvalue weighted by Crippen LogP contribution is 2.32. The van der Waals surface area contributed by atoms with E-state index in [4.69, 9.17) is 4.42 Å². The number of para-hydroxylation sites is 2. The number of carbonyl (C=O) groups excluding carboxylic acids is 1. The average molecular weight is 421 g/mol. The van der Waals surface area contributed by atoms with Gasteiger partial charge in [0.15, 0.2) is 0 Å². The van der Waals surface area contributed by atoms with Gasteiger partial charge in [0.25, 0.3) is 11.1 Å². The minimum Gasteiger partial charge on any atom is -0.411 e. The van der Waals surface area contributed by atoms with Crippen LogP contribution >= 0.6 is 11.8 Å². The Morgan fingerprint density at radius 1 is 1.13 bits per heavy atom. The molecule has 0 saturated carbocycles. The first kappa shape index (κ1) is 20.2. The number of nitrogens with one attached hydrogen (secondary N) is 2. The maximum Gasteiger partial charge on any atom is 0.277 e. The molecule has 0 aliphatic rings. The van der Waals surface area contributed by atoms with Gasteiger partial charge < -0.3 is 14.7 Å². The number of aromatic nitrogens is 3. The van der Waals surface area contributed by atoms with E-state index in [1.54, 1.807) is 0 Å². The first-order valence-corrected chi connectivity index (χ1v) is 10.9. The van der Waals surface area contributed by atoms with Gasteiger partial charge in [-0.2, -0.15) is 0 Å². The predicted molar refractivity (Wildman–Crippen MR) is 121 cm³/mol. The van der Waals surface area contributed by atoms with Crippen molar-refractivity contribution in [3.05, 3.63) is 60.3 Å². The molecule has 0 spiro atoms. The van der Waals surface area contributed by atoms with E-state index >= 15 is 0 Å². The number of hydrogen-bond donors (Lipinski definition) is 2. The van der Waals surface area contributed by atoms with Gasteiger partial charge in [-0.3, -0.25) is 4.79 Å². The summed E-state index contributed by atoms with van der Waals surface area (Å²) < 4.78 is 5.83. The van der Waals surface area contributed by atoms with Crippen molar-refractivity contribution < 1.29 is 9.21 Å². The zero-order chi connectivity index (χ0) is 21.1. The van der Waals surface area contributed by atoms with Crippen LogP contribution in [0.1, 0.15) is 38.7 Å². The maximum atomic E-state index is 12.8. The lowest BCUT2D eigenvalue weighted by Crippen LogP contribution is -2.23. The van der Waals surface area contributed by atoms with Crippen molar-refractivity contribution in [1.29, 1.82) is 0 Å². The molecule has 4 aromatic rings. The molecule has 2 aromatic carbocycles. The molecule has 2 N–H and O–H groups in total. The van der Waals surface area contributed by atoms with Gasteiger partial charge in [-0.05, 0) is 37.0 Å². The minimum absolute atomic E-state index is 0.0948. The van der Waals surface area contributed by atoms with E-state index in [-0.39, 0.29) is 11.2 Å². The van der Waals surface area contributed by atoms with E-state index < -0.39 is 0 Å². The van der Waals surface area contributed by atoms with Crippen LogP contribution in [0.5, 0.6) is 0 Å².